The number of benzene rings is 1. The number of hydrogen-bond acceptors (Lipinski definition) is 6. The molecule has 2 aliphatic rings. The molecule has 2 fully saturated rings. The lowest BCUT2D eigenvalue weighted by atomic mass is 9.94. The third-order valence-corrected chi connectivity index (χ3v) is 4.01. The summed E-state index contributed by atoms with van der Waals surface area (Å²) in [4.78, 5) is 5.66. The second-order valence-corrected chi connectivity index (χ2v) is 5.35. The number of methoxy groups -OCH3 is 1. The normalized spacial score (nSPS) is 35.2. The van der Waals surface area contributed by atoms with Crippen LogP contribution in [0.2, 0.25) is 0 Å². The first-order valence-corrected chi connectivity index (χ1v) is 7.37. The molecule has 0 bridgehead atoms. The molecule has 2 heterocycles. The van der Waals surface area contributed by atoms with Crippen molar-refractivity contribution in [3.63, 3.8) is 0 Å². The molecule has 2 saturated heterocycles. The Morgan fingerprint density at radius 1 is 1.08 bits per heavy atom. The molecule has 0 N–H and O–H groups in total. The van der Waals surface area contributed by atoms with Gasteiger partial charge in [-0.25, -0.2) is 0 Å². The highest BCUT2D eigenvalue weighted by molar-refractivity contribution is 5.17. The average molecular weight is 332 g/mol. The smallest absolute Gasteiger partial charge is 0.184 e. The predicted molar refractivity (Wildman–Crippen MR) is 81.5 cm³/mol. The van der Waals surface area contributed by atoms with E-state index in [1.54, 1.807) is 0 Å². The van der Waals surface area contributed by atoms with Gasteiger partial charge in [-0.2, -0.15) is 0 Å². The molecule has 6 atom stereocenters. The third kappa shape index (κ3) is 3.15. The lowest BCUT2D eigenvalue weighted by Crippen LogP contribution is -2.60. The first-order valence-electron chi connectivity index (χ1n) is 7.37. The Labute approximate surface area is 137 Å². The van der Waals surface area contributed by atoms with Gasteiger partial charge in [-0.15, -0.1) is 0 Å². The molecule has 10 heteroatoms. The van der Waals surface area contributed by atoms with Crippen molar-refractivity contribution in [2.45, 2.75) is 36.9 Å². The maximum absolute atomic E-state index is 8.89. The van der Waals surface area contributed by atoms with Crippen LogP contribution in [-0.4, -0.2) is 44.3 Å². The van der Waals surface area contributed by atoms with Gasteiger partial charge in [-0.3, -0.25) is 0 Å². The Hall–Kier alpha value is -2.32. The number of fused-ring (bicyclic) bond motifs is 1. The van der Waals surface area contributed by atoms with Crippen LogP contribution in [0.3, 0.4) is 0 Å². The van der Waals surface area contributed by atoms with Gasteiger partial charge in [0, 0.05) is 22.5 Å². The van der Waals surface area contributed by atoms with Gasteiger partial charge in [-0.1, -0.05) is 40.6 Å². The van der Waals surface area contributed by atoms with Gasteiger partial charge in [0.05, 0.1) is 24.8 Å². The minimum absolute atomic E-state index is 0.241. The van der Waals surface area contributed by atoms with Crippen molar-refractivity contribution in [2.24, 2.45) is 10.2 Å². The standard InChI is InChI=1S/C14H16N6O4/c1-21-14-11(18-20-16)10(17-19-15)12-9(23-14)7-22-13(24-12)8-5-3-2-4-6-8/h2-6,9-14H,7H2,1H3/t9-,10-,11+,12-,13-,14-/m1/s1. The Morgan fingerprint density at radius 3 is 2.46 bits per heavy atom. The largest absolute Gasteiger partial charge is 0.355 e. The molecule has 126 valence electrons. The summed E-state index contributed by atoms with van der Waals surface area (Å²) in [5, 5.41) is 7.44. The van der Waals surface area contributed by atoms with Crippen LogP contribution in [0.5, 0.6) is 0 Å². The molecule has 0 radical (unpaired) electrons. The molecule has 0 aromatic heterocycles. The average Bonchev–Trinajstić information content (AvgIpc) is 2.64. The molecule has 0 spiro atoms. The zero-order chi connectivity index (χ0) is 16.9. The first-order chi connectivity index (χ1) is 11.8. The Balaban J connectivity index is 1.88. The van der Waals surface area contributed by atoms with Crippen molar-refractivity contribution in [1.29, 1.82) is 0 Å². The van der Waals surface area contributed by atoms with E-state index in [1.165, 1.54) is 7.11 Å². The number of nitrogens with zero attached hydrogens (tertiary/aromatic N) is 6. The van der Waals surface area contributed by atoms with Crippen molar-refractivity contribution in [3.05, 3.63) is 56.8 Å². The van der Waals surface area contributed by atoms with E-state index in [-0.39, 0.29) is 6.61 Å². The van der Waals surface area contributed by atoms with E-state index < -0.39 is 36.9 Å². The summed E-state index contributed by atoms with van der Waals surface area (Å²) in [6.07, 6.45) is -2.55. The zero-order valence-electron chi connectivity index (χ0n) is 12.9. The summed E-state index contributed by atoms with van der Waals surface area (Å²) in [6.45, 7) is 0.241. The molecule has 24 heavy (non-hydrogen) atoms. The summed E-state index contributed by atoms with van der Waals surface area (Å²) in [5.41, 5.74) is 18.5. The minimum Gasteiger partial charge on any atom is -0.355 e. The van der Waals surface area contributed by atoms with Crippen molar-refractivity contribution < 1.29 is 18.9 Å². The van der Waals surface area contributed by atoms with Crippen LogP contribution in [0.25, 0.3) is 20.9 Å². The fourth-order valence-electron chi connectivity index (χ4n) is 2.93. The van der Waals surface area contributed by atoms with E-state index in [9.17, 15) is 0 Å². The highest BCUT2D eigenvalue weighted by atomic mass is 16.7. The molecule has 0 aliphatic carbocycles. The fraction of sp³-hybridized carbons (Fsp3) is 0.571. The summed E-state index contributed by atoms with van der Waals surface area (Å²) in [5.74, 6) is 0. The molecule has 2 aliphatic heterocycles. The van der Waals surface area contributed by atoms with Crippen LogP contribution in [0.1, 0.15) is 11.9 Å². The SMILES string of the molecule is CO[C@@H]1O[C@@H]2CO[C@@H](c3ccccc3)O[C@H]2[C@H](N=[N+]=[N-])[C@@H]1N=[N+]=[N-]. The van der Waals surface area contributed by atoms with Gasteiger partial charge in [0.25, 0.3) is 0 Å². The van der Waals surface area contributed by atoms with E-state index >= 15 is 0 Å². The van der Waals surface area contributed by atoms with Crippen molar-refractivity contribution in [2.75, 3.05) is 13.7 Å². The lowest BCUT2D eigenvalue weighted by Gasteiger charge is -2.46. The quantitative estimate of drug-likeness (QED) is 0.476. The number of azide groups is 2. The first kappa shape index (κ1) is 16.5. The maximum Gasteiger partial charge on any atom is 0.184 e. The zero-order valence-corrected chi connectivity index (χ0v) is 12.9. The van der Waals surface area contributed by atoms with Crippen LogP contribution in [0, 0.1) is 0 Å². The summed E-state index contributed by atoms with van der Waals surface area (Å²) < 4.78 is 22.6. The molecule has 1 aromatic rings. The minimum atomic E-state index is -0.835. The van der Waals surface area contributed by atoms with E-state index in [2.05, 4.69) is 20.1 Å². The molecule has 0 amide bonds. The summed E-state index contributed by atoms with van der Waals surface area (Å²) >= 11 is 0. The van der Waals surface area contributed by atoms with Crippen LogP contribution < -0.4 is 0 Å². The number of hydrogen-bond donors (Lipinski definition) is 0. The van der Waals surface area contributed by atoms with Crippen LogP contribution in [-0.2, 0) is 18.9 Å². The van der Waals surface area contributed by atoms with E-state index in [0.29, 0.717) is 0 Å². The van der Waals surface area contributed by atoms with Gasteiger partial charge in [0.15, 0.2) is 12.6 Å². The topological polar surface area (TPSA) is 134 Å². The van der Waals surface area contributed by atoms with Crippen molar-refractivity contribution in [1.82, 2.24) is 0 Å². The van der Waals surface area contributed by atoms with Crippen LogP contribution >= 0.6 is 0 Å². The second kappa shape index (κ2) is 7.50. The Bertz CT molecular complexity index is 660. The van der Waals surface area contributed by atoms with Crippen LogP contribution in [0.15, 0.2) is 40.6 Å². The molecule has 0 unspecified atom stereocenters. The van der Waals surface area contributed by atoms with E-state index in [4.69, 9.17) is 30.0 Å². The van der Waals surface area contributed by atoms with Gasteiger partial charge in [0.2, 0.25) is 0 Å². The molecule has 0 saturated carbocycles. The van der Waals surface area contributed by atoms with Gasteiger partial charge in [0.1, 0.15) is 6.10 Å². The fourth-order valence-corrected chi connectivity index (χ4v) is 2.93. The monoisotopic (exact) mass is 332 g/mol. The highest BCUT2D eigenvalue weighted by Crippen LogP contribution is 2.36. The van der Waals surface area contributed by atoms with Crippen molar-refractivity contribution in [3.8, 4) is 0 Å². The summed E-state index contributed by atoms with van der Waals surface area (Å²) in [6, 6.07) is 7.81. The van der Waals surface area contributed by atoms with Crippen molar-refractivity contribution >= 4 is 0 Å². The second-order valence-electron chi connectivity index (χ2n) is 5.35. The molecule has 3 rings (SSSR count). The molecular formula is C14H16N6O4. The Kier molecular flexibility index (Phi) is 5.17. The lowest BCUT2D eigenvalue weighted by molar-refractivity contribution is -0.321. The number of ether oxygens (including phenoxy) is 4. The Morgan fingerprint density at radius 2 is 1.79 bits per heavy atom. The van der Waals surface area contributed by atoms with Crippen LogP contribution in [0.4, 0.5) is 0 Å². The van der Waals surface area contributed by atoms with Gasteiger partial charge in [-0.05, 0) is 11.1 Å². The summed E-state index contributed by atoms with van der Waals surface area (Å²) in [7, 11) is 1.43. The predicted octanol–water partition coefficient (Wildman–Crippen LogP) is 2.83. The maximum atomic E-state index is 8.89. The number of rotatable bonds is 4. The van der Waals surface area contributed by atoms with E-state index in [1.807, 2.05) is 30.3 Å². The van der Waals surface area contributed by atoms with E-state index in [0.717, 1.165) is 5.56 Å². The molecular weight excluding hydrogens is 316 g/mol. The molecule has 10 nitrogen and oxygen atoms in total. The van der Waals surface area contributed by atoms with Gasteiger partial charge >= 0.3 is 0 Å². The van der Waals surface area contributed by atoms with Gasteiger partial charge < -0.3 is 18.9 Å². The molecule has 1 aromatic carbocycles. The highest BCUT2D eigenvalue weighted by Gasteiger charge is 2.49. The third-order valence-electron chi connectivity index (χ3n) is 4.01.